The van der Waals surface area contributed by atoms with Crippen molar-refractivity contribution in [2.45, 2.75) is 37.8 Å². The van der Waals surface area contributed by atoms with Gasteiger partial charge in [0.15, 0.2) is 11.6 Å². The van der Waals surface area contributed by atoms with E-state index < -0.39 is 22.9 Å². The number of ether oxygens (including phenoxy) is 3. The van der Waals surface area contributed by atoms with Crippen LogP contribution < -0.4 is 4.74 Å². The number of nitrogens with zero attached hydrogens (tertiary/aromatic N) is 2. The zero-order valence-electron chi connectivity index (χ0n) is 21.4. The van der Waals surface area contributed by atoms with Gasteiger partial charge < -0.3 is 19.3 Å². The topological polar surface area (TPSA) is 81.1 Å². The van der Waals surface area contributed by atoms with Gasteiger partial charge in [0.25, 0.3) is 0 Å². The first-order valence-corrected chi connectivity index (χ1v) is 12.8. The van der Waals surface area contributed by atoms with Gasteiger partial charge in [-0.25, -0.2) is 9.78 Å². The Kier molecular flexibility index (Phi) is 10.3. The number of esters is 1. The minimum atomic E-state index is -4.61. The number of hydrogen-bond acceptors (Lipinski definition) is 8. The van der Waals surface area contributed by atoms with Crippen LogP contribution in [0.15, 0.2) is 60.0 Å². The fraction of sp³-hybridized carbons (Fsp3) is 0.407. The van der Waals surface area contributed by atoms with E-state index in [0.717, 1.165) is 11.1 Å². The second kappa shape index (κ2) is 13.2. The normalized spacial score (nSPS) is 14.2. The molecule has 0 aliphatic carbocycles. The highest BCUT2D eigenvalue weighted by Crippen LogP contribution is 2.35. The molecule has 0 amide bonds. The average Bonchev–Trinajstić information content (AvgIpc) is 3.43. The van der Waals surface area contributed by atoms with Gasteiger partial charge in [0, 0.05) is 25.1 Å². The molecule has 2 atom stereocenters. The monoisotopic (exact) mass is 552 g/mol. The summed E-state index contributed by atoms with van der Waals surface area (Å²) in [4.78, 5) is 16.9. The van der Waals surface area contributed by atoms with E-state index in [4.69, 9.17) is 9.47 Å². The van der Waals surface area contributed by atoms with Crippen LogP contribution in [0.1, 0.15) is 28.8 Å². The Morgan fingerprint density at radius 3 is 2.34 bits per heavy atom. The van der Waals surface area contributed by atoms with Crippen LogP contribution >= 0.6 is 11.3 Å². The van der Waals surface area contributed by atoms with E-state index >= 15 is 0 Å². The van der Waals surface area contributed by atoms with Crippen molar-refractivity contribution in [3.8, 4) is 5.75 Å². The SMILES string of the molecule is COC(=O)COc1ccc(CC(C)N(CCc2ccccc2)CC(O)(OC)c2csc(C(F)(F)F)n2)cc1. The number of halogens is 3. The number of thiazole rings is 1. The van der Waals surface area contributed by atoms with Gasteiger partial charge >= 0.3 is 12.1 Å². The highest BCUT2D eigenvalue weighted by atomic mass is 32.1. The molecule has 0 radical (unpaired) electrons. The fourth-order valence-electron chi connectivity index (χ4n) is 3.87. The molecule has 38 heavy (non-hydrogen) atoms. The van der Waals surface area contributed by atoms with Gasteiger partial charge in [0.2, 0.25) is 5.79 Å². The van der Waals surface area contributed by atoms with Crippen molar-refractivity contribution in [1.29, 1.82) is 0 Å². The van der Waals surface area contributed by atoms with Crippen LogP contribution in [0.2, 0.25) is 0 Å². The zero-order valence-corrected chi connectivity index (χ0v) is 22.2. The molecule has 0 aliphatic rings. The number of methoxy groups -OCH3 is 2. The first kappa shape index (κ1) is 29.6. The minimum Gasteiger partial charge on any atom is -0.482 e. The van der Waals surface area contributed by atoms with E-state index in [2.05, 4.69) is 9.72 Å². The van der Waals surface area contributed by atoms with Crippen LogP contribution in [0.25, 0.3) is 0 Å². The predicted octanol–water partition coefficient (Wildman–Crippen LogP) is 4.68. The van der Waals surface area contributed by atoms with Crippen molar-refractivity contribution in [3.63, 3.8) is 0 Å². The van der Waals surface area contributed by atoms with Gasteiger partial charge in [-0.1, -0.05) is 42.5 Å². The minimum absolute atomic E-state index is 0.0845. The maximum absolute atomic E-state index is 13.2. The number of aromatic nitrogens is 1. The van der Waals surface area contributed by atoms with Gasteiger partial charge in [-0.3, -0.25) is 4.90 Å². The van der Waals surface area contributed by atoms with Crippen LogP contribution in [0, 0.1) is 0 Å². The Morgan fingerprint density at radius 1 is 1.08 bits per heavy atom. The largest absolute Gasteiger partial charge is 0.482 e. The molecular weight excluding hydrogens is 521 g/mol. The van der Waals surface area contributed by atoms with Crippen LogP contribution in [-0.2, 0) is 39.1 Å². The third kappa shape index (κ3) is 8.26. The van der Waals surface area contributed by atoms with E-state index in [1.807, 2.05) is 54.3 Å². The molecule has 3 aromatic rings. The highest BCUT2D eigenvalue weighted by molar-refractivity contribution is 7.09. The van der Waals surface area contributed by atoms with Gasteiger partial charge in [-0.15, -0.1) is 11.3 Å². The summed E-state index contributed by atoms with van der Waals surface area (Å²) in [7, 11) is 2.54. The Morgan fingerprint density at radius 2 is 1.76 bits per heavy atom. The molecule has 2 unspecified atom stereocenters. The predicted molar refractivity (Wildman–Crippen MR) is 137 cm³/mol. The van der Waals surface area contributed by atoms with Crippen LogP contribution in [0.4, 0.5) is 13.2 Å². The molecule has 1 aromatic heterocycles. The Hall–Kier alpha value is -2.99. The third-order valence-corrected chi connectivity index (χ3v) is 6.98. The lowest BCUT2D eigenvalue weighted by atomic mass is 10.0. The van der Waals surface area contributed by atoms with E-state index in [1.54, 1.807) is 12.1 Å². The lowest BCUT2D eigenvalue weighted by Gasteiger charge is -2.36. The van der Waals surface area contributed by atoms with Gasteiger partial charge in [-0.05, 0) is 43.0 Å². The molecule has 206 valence electrons. The molecule has 7 nitrogen and oxygen atoms in total. The third-order valence-electron chi connectivity index (χ3n) is 6.09. The lowest BCUT2D eigenvalue weighted by molar-refractivity contribution is -0.211. The summed E-state index contributed by atoms with van der Waals surface area (Å²) in [5.74, 6) is -1.99. The first-order valence-electron chi connectivity index (χ1n) is 11.9. The summed E-state index contributed by atoms with van der Waals surface area (Å²) in [5, 5.41) is 11.4. The van der Waals surface area contributed by atoms with Crippen molar-refractivity contribution >= 4 is 17.3 Å². The molecule has 1 heterocycles. The van der Waals surface area contributed by atoms with Gasteiger partial charge in [0.1, 0.15) is 11.4 Å². The van der Waals surface area contributed by atoms with Crippen molar-refractivity contribution in [3.05, 3.63) is 81.8 Å². The second-order valence-electron chi connectivity index (χ2n) is 8.79. The molecule has 0 saturated carbocycles. The summed E-state index contributed by atoms with van der Waals surface area (Å²) in [6.45, 7) is 2.22. The van der Waals surface area contributed by atoms with Gasteiger partial charge in [0.05, 0.1) is 13.7 Å². The molecule has 2 aromatic carbocycles. The molecular formula is C27H31F3N2O5S. The summed E-state index contributed by atoms with van der Waals surface area (Å²) < 4.78 is 54.8. The zero-order chi connectivity index (χ0) is 27.8. The molecule has 0 bridgehead atoms. The number of rotatable bonds is 13. The standard InChI is InChI=1S/C27H31F3N2O5S/c1-19(15-21-9-11-22(12-10-21)37-16-24(33)35-2)32(14-13-20-7-5-4-6-8-20)18-26(34,36-3)23-17-38-25(31-23)27(28,29)30/h4-12,17,19,34H,13-16,18H2,1-3H3. The number of aliphatic hydroxyl groups is 1. The van der Waals surface area contributed by atoms with Crippen LogP contribution in [-0.4, -0.2) is 60.9 Å². The Labute approximate surface area is 223 Å². The Balaban J connectivity index is 1.77. The van der Waals surface area contributed by atoms with Gasteiger partial charge in [-0.2, -0.15) is 13.2 Å². The maximum Gasteiger partial charge on any atom is 0.443 e. The van der Waals surface area contributed by atoms with Crippen molar-refractivity contribution < 1.29 is 37.3 Å². The number of carbonyl (C=O) groups excluding carboxylic acids is 1. The lowest BCUT2D eigenvalue weighted by Crippen LogP contribution is -2.47. The summed E-state index contributed by atoms with van der Waals surface area (Å²) in [6.07, 6.45) is -3.36. The molecule has 0 aliphatic heterocycles. The summed E-state index contributed by atoms with van der Waals surface area (Å²) in [6, 6.07) is 16.9. The molecule has 0 spiro atoms. The summed E-state index contributed by atoms with van der Waals surface area (Å²) in [5.41, 5.74) is 1.88. The number of benzene rings is 2. The first-order chi connectivity index (χ1) is 18.0. The smallest absolute Gasteiger partial charge is 0.443 e. The van der Waals surface area contributed by atoms with E-state index in [-0.39, 0.29) is 24.9 Å². The van der Waals surface area contributed by atoms with Crippen LogP contribution in [0.3, 0.4) is 0 Å². The average molecular weight is 553 g/mol. The number of carbonyl (C=O) groups is 1. The number of alkyl halides is 3. The fourth-order valence-corrected chi connectivity index (χ4v) is 4.62. The van der Waals surface area contributed by atoms with Crippen molar-refractivity contribution in [2.75, 3.05) is 33.9 Å². The van der Waals surface area contributed by atoms with E-state index in [9.17, 15) is 23.1 Å². The molecule has 0 fully saturated rings. The highest BCUT2D eigenvalue weighted by Gasteiger charge is 2.40. The van der Waals surface area contributed by atoms with E-state index in [1.165, 1.54) is 19.6 Å². The molecule has 11 heteroatoms. The molecule has 1 N–H and O–H groups in total. The molecule has 3 rings (SSSR count). The quantitative estimate of drug-likeness (QED) is 0.244. The molecule has 0 saturated heterocycles. The Bertz CT molecular complexity index is 1160. The maximum atomic E-state index is 13.2. The van der Waals surface area contributed by atoms with E-state index in [0.29, 0.717) is 36.5 Å². The van der Waals surface area contributed by atoms with Crippen LogP contribution in [0.5, 0.6) is 5.75 Å². The van der Waals surface area contributed by atoms with Crippen molar-refractivity contribution in [2.24, 2.45) is 0 Å². The second-order valence-corrected chi connectivity index (χ2v) is 9.65. The summed E-state index contributed by atoms with van der Waals surface area (Å²) >= 11 is 0.420. The van der Waals surface area contributed by atoms with Crippen molar-refractivity contribution in [1.82, 2.24) is 9.88 Å². The number of hydrogen-bond donors (Lipinski definition) is 1.